The van der Waals surface area contributed by atoms with Crippen LogP contribution in [0.1, 0.15) is 90.3 Å². The number of benzene rings is 4. The molecular formula is C48H54N8O12S. The number of ketones is 2. The highest BCUT2D eigenvalue weighted by molar-refractivity contribution is 7.80. The summed E-state index contributed by atoms with van der Waals surface area (Å²) in [5.74, 6) is -3.51. The molecule has 2 saturated heterocycles. The van der Waals surface area contributed by atoms with Crippen molar-refractivity contribution >= 4 is 52.2 Å². The number of aromatic hydroxyl groups is 2. The number of phenolic OH excluding ortho intramolecular Hbond substituents is 2. The number of ether oxygens (including phenoxy) is 4. The van der Waals surface area contributed by atoms with E-state index in [2.05, 4.69) is 31.1 Å². The number of rotatable bonds is 13. The summed E-state index contributed by atoms with van der Waals surface area (Å²) in [7, 11) is 1.33. The van der Waals surface area contributed by atoms with Crippen LogP contribution in [0.5, 0.6) is 17.2 Å². The van der Waals surface area contributed by atoms with Gasteiger partial charge in [-0.05, 0) is 60.6 Å². The Kier molecular flexibility index (Phi) is 14.6. The van der Waals surface area contributed by atoms with E-state index in [0.717, 1.165) is 16.8 Å². The Hall–Kier alpha value is -6.56. The third-order valence-corrected chi connectivity index (χ3v) is 13.1. The summed E-state index contributed by atoms with van der Waals surface area (Å²) in [5, 5.41) is 69.4. The molecule has 2 heterocycles. The Bertz CT molecular complexity index is 2690. The number of methoxy groups -OCH3 is 1. The lowest BCUT2D eigenvalue weighted by Gasteiger charge is -2.46. The molecule has 0 bridgehead atoms. The third-order valence-electron chi connectivity index (χ3n) is 12.9. The first-order valence-electron chi connectivity index (χ1n) is 22.3. The van der Waals surface area contributed by atoms with Gasteiger partial charge in [-0.15, -0.1) is 0 Å². The molecule has 0 radical (unpaired) electrons. The average molecular weight is 967 g/mol. The molecule has 21 heteroatoms. The maximum Gasteiger partial charge on any atom is 0.271 e. The highest BCUT2D eigenvalue weighted by atomic mass is 32.1. The molecule has 20 nitrogen and oxygen atoms in total. The number of hydrogen-bond acceptors (Lipinski definition) is 16. The predicted molar refractivity (Wildman–Crippen MR) is 255 cm³/mol. The number of phenols is 2. The van der Waals surface area contributed by atoms with Crippen LogP contribution in [0, 0.1) is 0 Å². The highest BCUT2D eigenvalue weighted by Gasteiger charge is 2.50. The van der Waals surface area contributed by atoms with Gasteiger partial charge < -0.3 is 66.6 Å². The van der Waals surface area contributed by atoms with Gasteiger partial charge >= 0.3 is 0 Å². The summed E-state index contributed by atoms with van der Waals surface area (Å²) >= 11 is 5.45. The van der Waals surface area contributed by atoms with Gasteiger partial charge in [-0.1, -0.05) is 36.4 Å². The van der Waals surface area contributed by atoms with Gasteiger partial charge in [0.15, 0.2) is 23.1 Å². The molecule has 1 amide bonds. The standard InChI is InChI=1S/C48H54N8O12S/c1-24-40(58)31(56-14-16-66-17-15-56)18-35(67-24)68-33-20-48(64,19-30-37(33)44(62)39-38(42(30)60)41(59)29-4-3-5-32(65-2)36(29)43(39)61)34(23-57)54-55-45(63)27-10-6-25(7-11-27)22-52-47(69)53-28-12-8-26(9-13-28)21-51-46(49)50/h3-13,24,31,33,35,40,57-58,60,62,64H,14-23H2,1-2H3,(H,55,63)(H4,49,50,51)(H2,52,53,69)/b54-34+/t24-,31-,33?,35-,40+,48-/m0/s1. The molecule has 4 aliphatic rings. The molecule has 0 spiro atoms. The molecule has 1 unspecified atom stereocenters. The number of amides is 1. The largest absolute Gasteiger partial charge is 0.507 e. The molecule has 2 aliphatic carbocycles. The Morgan fingerprint density at radius 1 is 0.971 bits per heavy atom. The number of carbonyl (C=O) groups excluding carboxylic acids is 3. The van der Waals surface area contributed by atoms with E-state index in [1.807, 2.05) is 24.3 Å². The van der Waals surface area contributed by atoms with Crippen LogP contribution >= 0.6 is 12.2 Å². The lowest BCUT2D eigenvalue weighted by molar-refractivity contribution is -0.259. The molecule has 0 saturated carbocycles. The number of nitrogens with zero attached hydrogens (tertiary/aromatic N) is 3. The highest BCUT2D eigenvalue weighted by Crippen LogP contribution is 2.53. The molecule has 4 aromatic carbocycles. The summed E-state index contributed by atoms with van der Waals surface area (Å²) in [6.45, 7) is 3.50. The second kappa shape index (κ2) is 20.6. The number of guanidine groups is 1. The van der Waals surface area contributed by atoms with Crippen LogP contribution in [0.2, 0.25) is 0 Å². The average Bonchev–Trinajstić information content (AvgIpc) is 3.34. The number of hydrogen-bond donors (Lipinski definition) is 10. The van der Waals surface area contributed by atoms with Gasteiger partial charge in [0.25, 0.3) is 5.91 Å². The maximum absolute atomic E-state index is 14.2. The van der Waals surface area contributed by atoms with E-state index in [1.165, 1.54) is 25.3 Å². The fraction of sp³-hybridized carbons (Fsp3) is 0.375. The number of fused-ring (bicyclic) bond motifs is 3. The molecule has 6 atom stereocenters. The van der Waals surface area contributed by atoms with Crippen molar-refractivity contribution in [3.63, 3.8) is 0 Å². The van der Waals surface area contributed by atoms with Crippen molar-refractivity contribution in [2.45, 2.75) is 75.5 Å². The van der Waals surface area contributed by atoms with Crippen molar-refractivity contribution in [3.05, 3.63) is 117 Å². The lowest BCUT2D eigenvalue weighted by Crippen LogP contribution is -2.58. The zero-order valence-electron chi connectivity index (χ0n) is 37.8. The second-order valence-corrected chi connectivity index (χ2v) is 17.6. The van der Waals surface area contributed by atoms with Crippen LogP contribution in [0.15, 0.2) is 76.8 Å². The van der Waals surface area contributed by atoms with Crippen LogP contribution in [-0.2, 0) is 33.7 Å². The molecular weight excluding hydrogens is 913 g/mol. The summed E-state index contributed by atoms with van der Waals surface area (Å²) < 4.78 is 23.7. The SMILES string of the molecule is COc1cccc2c1C(=O)c1c(O)c3c(c(O)c1C2=O)C[C@@](O)(/C(CO)=N/NC(=O)c1ccc(CNC(=S)Nc2ccc(CN=C(N)N)cc2)cc1)CC3O[C@H]1C[C@H](N2CCOCC2)[C@H](O)[C@H](C)O1. The van der Waals surface area contributed by atoms with Gasteiger partial charge in [0.05, 0.1) is 74.2 Å². The van der Waals surface area contributed by atoms with Crippen molar-refractivity contribution in [1.29, 1.82) is 0 Å². The van der Waals surface area contributed by atoms with Crippen LogP contribution in [-0.4, -0.2) is 135 Å². The van der Waals surface area contributed by atoms with Gasteiger partial charge in [-0.2, -0.15) is 5.10 Å². The Balaban J connectivity index is 1.03. The summed E-state index contributed by atoms with van der Waals surface area (Å²) in [5.41, 5.74) is 12.0. The van der Waals surface area contributed by atoms with Gasteiger partial charge in [0.2, 0.25) is 5.78 Å². The zero-order valence-corrected chi connectivity index (χ0v) is 38.6. The minimum atomic E-state index is -2.19. The fourth-order valence-corrected chi connectivity index (χ4v) is 9.49. The lowest BCUT2D eigenvalue weighted by atomic mass is 9.71. The molecule has 2 aliphatic heterocycles. The Labute approximate surface area is 401 Å². The molecule has 8 rings (SSSR count). The molecule has 364 valence electrons. The van der Waals surface area contributed by atoms with Crippen molar-refractivity contribution in [2.24, 2.45) is 21.6 Å². The number of aliphatic hydroxyl groups is 3. The first kappa shape index (κ1) is 48.9. The quantitative estimate of drug-likeness (QED) is 0.0265. The zero-order chi connectivity index (χ0) is 49.1. The number of morpholine rings is 1. The van der Waals surface area contributed by atoms with Crippen LogP contribution < -0.4 is 32.3 Å². The maximum atomic E-state index is 14.2. The number of aliphatic hydroxyl groups excluding tert-OH is 2. The summed E-state index contributed by atoms with van der Waals surface area (Å²) in [6.07, 6.45) is -4.91. The van der Waals surface area contributed by atoms with Crippen molar-refractivity contribution < 1.29 is 58.9 Å². The Morgan fingerprint density at radius 3 is 2.35 bits per heavy atom. The number of hydrazone groups is 1. The van der Waals surface area contributed by atoms with Gasteiger partial charge in [-0.25, -0.2) is 10.4 Å². The van der Waals surface area contributed by atoms with E-state index in [-0.39, 0.29) is 51.7 Å². The minimum Gasteiger partial charge on any atom is -0.507 e. The first-order chi connectivity index (χ1) is 33.1. The number of aliphatic imine (C=N–C) groups is 1. The fourth-order valence-electron chi connectivity index (χ4n) is 9.30. The smallest absolute Gasteiger partial charge is 0.271 e. The van der Waals surface area contributed by atoms with E-state index >= 15 is 0 Å². The van der Waals surface area contributed by atoms with E-state index in [4.69, 9.17) is 42.6 Å². The number of nitrogens with two attached hydrogens (primary N) is 2. The molecule has 0 aromatic heterocycles. The van der Waals surface area contributed by atoms with Crippen LogP contribution in [0.3, 0.4) is 0 Å². The number of thiocarbonyl (C=S) groups is 1. The van der Waals surface area contributed by atoms with E-state index < -0.39 is 95.8 Å². The van der Waals surface area contributed by atoms with Gasteiger partial charge in [0, 0.05) is 72.9 Å². The van der Waals surface area contributed by atoms with Crippen LogP contribution in [0.25, 0.3) is 0 Å². The second-order valence-electron chi connectivity index (χ2n) is 17.2. The molecule has 2 fully saturated rings. The summed E-state index contributed by atoms with van der Waals surface area (Å²) in [4.78, 5) is 47.9. The van der Waals surface area contributed by atoms with E-state index in [0.29, 0.717) is 44.5 Å². The molecule has 4 aromatic rings. The molecule has 12 N–H and O–H groups in total. The van der Waals surface area contributed by atoms with Gasteiger partial charge in [0.1, 0.15) is 22.8 Å². The number of carbonyl (C=O) groups is 3. The van der Waals surface area contributed by atoms with Crippen molar-refractivity contribution in [1.82, 2.24) is 15.6 Å². The van der Waals surface area contributed by atoms with Crippen molar-refractivity contribution in [2.75, 3.05) is 45.3 Å². The predicted octanol–water partition coefficient (Wildman–Crippen LogP) is 1.85. The monoisotopic (exact) mass is 966 g/mol. The number of nitrogens with one attached hydrogen (secondary N) is 3. The molecule has 69 heavy (non-hydrogen) atoms. The summed E-state index contributed by atoms with van der Waals surface area (Å²) in [6, 6.07) is 17.9. The third kappa shape index (κ3) is 10.1. The van der Waals surface area contributed by atoms with Gasteiger partial charge in [-0.3, -0.25) is 19.3 Å². The normalized spacial score (nSPS) is 23.5. The van der Waals surface area contributed by atoms with E-state index in [9.17, 15) is 39.9 Å². The Morgan fingerprint density at radius 2 is 1.67 bits per heavy atom. The number of anilines is 1. The van der Waals surface area contributed by atoms with E-state index in [1.54, 1.807) is 31.2 Å². The first-order valence-corrected chi connectivity index (χ1v) is 22.7. The minimum absolute atomic E-state index is 0.00522. The van der Waals surface area contributed by atoms with Crippen molar-refractivity contribution in [3.8, 4) is 17.2 Å². The topological polar surface area (TPSA) is 305 Å². The van der Waals surface area contributed by atoms with Crippen LogP contribution in [0.4, 0.5) is 5.69 Å².